The predicted octanol–water partition coefficient (Wildman–Crippen LogP) is 2.26. The summed E-state index contributed by atoms with van der Waals surface area (Å²) in [5, 5.41) is 5.18. The van der Waals surface area contributed by atoms with Crippen molar-refractivity contribution < 1.29 is 14.3 Å². The number of carbonyl (C=O) groups excluding carboxylic acids is 2. The summed E-state index contributed by atoms with van der Waals surface area (Å²) >= 11 is 0. The molecule has 0 aliphatic carbocycles. The quantitative estimate of drug-likeness (QED) is 0.851. The Bertz CT molecular complexity index is 666. The van der Waals surface area contributed by atoms with E-state index in [1.165, 1.54) is 0 Å². The second-order valence-electron chi connectivity index (χ2n) is 4.80. The van der Waals surface area contributed by atoms with Gasteiger partial charge >= 0.3 is 11.8 Å². The molecule has 2 aromatic carbocycles. The molecule has 0 saturated carbocycles. The summed E-state index contributed by atoms with van der Waals surface area (Å²) in [6, 6.07) is 14.6. The summed E-state index contributed by atoms with van der Waals surface area (Å²) < 4.78 is 5.06. The molecule has 5 heteroatoms. The molecule has 0 fully saturated rings. The minimum Gasteiger partial charge on any atom is -0.497 e. The van der Waals surface area contributed by atoms with Crippen molar-refractivity contribution in [3.8, 4) is 5.75 Å². The van der Waals surface area contributed by atoms with E-state index in [1.807, 2.05) is 31.2 Å². The van der Waals surface area contributed by atoms with E-state index in [-0.39, 0.29) is 6.54 Å². The van der Waals surface area contributed by atoms with Gasteiger partial charge in [0, 0.05) is 12.2 Å². The lowest BCUT2D eigenvalue weighted by molar-refractivity contribution is -0.136. The van der Waals surface area contributed by atoms with Gasteiger partial charge in [-0.25, -0.2) is 0 Å². The Kier molecular flexibility index (Phi) is 5.14. The summed E-state index contributed by atoms with van der Waals surface area (Å²) in [6.07, 6.45) is 0. The first kappa shape index (κ1) is 15.6. The largest absolute Gasteiger partial charge is 0.497 e. The van der Waals surface area contributed by atoms with Gasteiger partial charge < -0.3 is 15.4 Å². The standard InChI is InChI=1S/C17H18N2O3/c1-12-5-3-4-6-15(12)19-17(21)16(20)18-11-13-7-9-14(22-2)10-8-13/h3-10H,11H2,1-2H3,(H,18,20)(H,19,21). The predicted molar refractivity (Wildman–Crippen MR) is 84.6 cm³/mol. The first-order valence-electron chi connectivity index (χ1n) is 6.88. The second kappa shape index (κ2) is 7.26. The average Bonchev–Trinajstić information content (AvgIpc) is 2.55. The first-order chi connectivity index (χ1) is 10.6. The number of ether oxygens (including phenoxy) is 1. The maximum absolute atomic E-state index is 11.8. The molecular formula is C17H18N2O3. The molecule has 0 saturated heterocycles. The number of hydrogen-bond donors (Lipinski definition) is 2. The number of para-hydroxylation sites is 1. The van der Waals surface area contributed by atoms with Crippen LogP contribution in [0.1, 0.15) is 11.1 Å². The van der Waals surface area contributed by atoms with Gasteiger partial charge in [-0.1, -0.05) is 30.3 Å². The van der Waals surface area contributed by atoms with Crippen LogP contribution in [0.15, 0.2) is 48.5 Å². The van der Waals surface area contributed by atoms with Crippen LogP contribution < -0.4 is 15.4 Å². The van der Waals surface area contributed by atoms with Crippen molar-refractivity contribution in [2.75, 3.05) is 12.4 Å². The minimum absolute atomic E-state index is 0.282. The van der Waals surface area contributed by atoms with Gasteiger partial charge in [0.05, 0.1) is 7.11 Å². The molecule has 2 amide bonds. The lowest BCUT2D eigenvalue weighted by Crippen LogP contribution is -2.35. The molecule has 0 atom stereocenters. The molecule has 0 spiro atoms. The van der Waals surface area contributed by atoms with Crippen LogP contribution >= 0.6 is 0 Å². The third-order valence-corrected chi connectivity index (χ3v) is 3.21. The summed E-state index contributed by atoms with van der Waals surface area (Å²) in [6.45, 7) is 2.15. The number of anilines is 1. The Balaban J connectivity index is 1.88. The van der Waals surface area contributed by atoms with Crippen molar-refractivity contribution in [1.29, 1.82) is 0 Å². The third-order valence-electron chi connectivity index (χ3n) is 3.21. The average molecular weight is 298 g/mol. The molecule has 22 heavy (non-hydrogen) atoms. The van der Waals surface area contributed by atoms with Crippen molar-refractivity contribution in [2.45, 2.75) is 13.5 Å². The van der Waals surface area contributed by atoms with Crippen LogP contribution in [0.2, 0.25) is 0 Å². The van der Waals surface area contributed by atoms with E-state index in [2.05, 4.69) is 10.6 Å². The van der Waals surface area contributed by atoms with E-state index in [4.69, 9.17) is 4.74 Å². The van der Waals surface area contributed by atoms with Crippen LogP contribution in [0.3, 0.4) is 0 Å². The van der Waals surface area contributed by atoms with Crippen LogP contribution in [0.25, 0.3) is 0 Å². The zero-order valence-electron chi connectivity index (χ0n) is 12.6. The van der Waals surface area contributed by atoms with Crippen LogP contribution in [0.4, 0.5) is 5.69 Å². The van der Waals surface area contributed by atoms with Crippen LogP contribution in [0, 0.1) is 6.92 Å². The zero-order valence-corrected chi connectivity index (χ0v) is 12.6. The van der Waals surface area contributed by atoms with Crippen molar-refractivity contribution in [3.63, 3.8) is 0 Å². The van der Waals surface area contributed by atoms with Crippen LogP contribution in [0.5, 0.6) is 5.75 Å². The van der Waals surface area contributed by atoms with Crippen molar-refractivity contribution >= 4 is 17.5 Å². The zero-order chi connectivity index (χ0) is 15.9. The number of hydrogen-bond acceptors (Lipinski definition) is 3. The highest BCUT2D eigenvalue weighted by molar-refractivity contribution is 6.39. The van der Waals surface area contributed by atoms with Crippen LogP contribution in [-0.2, 0) is 16.1 Å². The summed E-state index contributed by atoms with van der Waals surface area (Å²) in [4.78, 5) is 23.7. The number of aryl methyl sites for hydroxylation is 1. The molecule has 0 radical (unpaired) electrons. The molecule has 5 nitrogen and oxygen atoms in total. The van der Waals surface area contributed by atoms with E-state index < -0.39 is 11.8 Å². The van der Waals surface area contributed by atoms with Crippen LogP contribution in [-0.4, -0.2) is 18.9 Å². The Morgan fingerprint density at radius 2 is 1.68 bits per heavy atom. The smallest absolute Gasteiger partial charge is 0.313 e. The van der Waals surface area contributed by atoms with Crippen molar-refractivity contribution in [3.05, 3.63) is 59.7 Å². The summed E-state index contributed by atoms with van der Waals surface area (Å²) in [7, 11) is 1.59. The summed E-state index contributed by atoms with van der Waals surface area (Å²) in [5.74, 6) is -0.603. The molecule has 2 aromatic rings. The molecule has 0 aromatic heterocycles. The van der Waals surface area contributed by atoms with Crippen molar-refractivity contribution in [2.24, 2.45) is 0 Å². The molecule has 2 N–H and O–H groups in total. The van der Waals surface area contributed by atoms with Gasteiger partial charge in [-0.3, -0.25) is 9.59 Å². The number of methoxy groups -OCH3 is 1. The number of rotatable bonds is 4. The van der Waals surface area contributed by atoms with E-state index in [1.54, 1.807) is 31.4 Å². The number of amides is 2. The van der Waals surface area contributed by atoms with Gasteiger partial charge in [-0.15, -0.1) is 0 Å². The Hall–Kier alpha value is -2.82. The fourth-order valence-corrected chi connectivity index (χ4v) is 1.90. The van der Waals surface area contributed by atoms with Gasteiger partial charge in [-0.05, 0) is 36.2 Å². The maximum Gasteiger partial charge on any atom is 0.313 e. The monoisotopic (exact) mass is 298 g/mol. The molecule has 0 bridgehead atoms. The fourth-order valence-electron chi connectivity index (χ4n) is 1.90. The Morgan fingerprint density at radius 1 is 1.00 bits per heavy atom. The molecule has 0 heterocycles. The van der Waals surface area contributed by atoms with Gasteiger partial charge in [0.1, 0.15) is 5.75 Å². The normalized spacial score (nSPS) is 9.91. The maximum atomic E-state index is 11.8. The molecule has 114 valence electrons. The lowest BCUT2D eigenvalue weighted by Gasteiger charge is -2.09. The number of nitrogens with one attached hydrogen (secondary N) is 2. The molecule has 0 unspecified atom stereocenters. The lowest BCUT2D eigenvalue weighted by atomic mass is 10.2. The first-order valence-corrected chi connectivity index (χ1v) is 6.88. The number of carbonyl (C=O) groups is 2. The van der Waals surface area contributed by atoms with Gasteiger partial charge in [0.2, 0.25) is 0 Å². The molecule has 0 aliphatic rings. The molecule has 2 rings (SSSR count). The van der Waals surface area contributed by atoms with Gasteiger partial charge in [0.25, 0.3) is 0 Å². The molecule has 0 aliphatic heterocycles. The van der Waals surface area contributed by atoms with E-state index in [0.29, 0.717) is 5.69 Å². The highest BCUT2D eigenvalue weighted by atomic mass is 16.5. The topological polar surface area (TPSA) is 67.4 Å². The van der Waals surface area contributed by atoms with Gasteiger partial charge in [0.15, 0.2) is 0 Å². The second-order valence-corrected chi connectivity index (χ2v) is 4.80. The van der Waals surface area contributed by atoms with E-state index in [0.717, 1.165) is 16.9 Å². The SMILES string of the molecule is COc1ccc(CNC(=O)C(=O)Nc2ccccc2C)cc1. The Labute approximate surface area is 129 Å². The van der Waals surface area contributed by atoms with Crippen molar-refractivity contribution in [1.82, 2.24) is 5.32 Å². The van der Waals surface area contributed by atoms with Gasteiger partial charge in [-0.2, -0.15) is 0 Å². The fraction of sp³-hybridized carbons (Fsp3) is 0.176. The number of benzene rings is 2. The highest BCUT2D eigenvalue weighted by Gasteiger charge is 2.14. The Morgan fingerprint density at radius 3 is 2.32 bits per heavy atom. The van der Waals surface area contributed by atoms with E-state index in [9.17, 15) is 9.59 Å². The minimum atomic E-state index is -0.678. The van der Waals surface area contributed by atoms with E-state index >= 15 is 0 Å². The molecular weight excluding hydrogens is 280 g/mol. The highest BCUT2D eigenvalue weighted by Crippen LogP contribution is 2.13. The summed E-state index contributed by atoms with van der Waals surface area (Å²) in [5.41, 5.74) is 2.42. The third kappa shape index (κ3) is 4.09.